The average molecular weight is 252 g/mol. The maximum absolute atomic E-state index is 5.87. The number of nitrogens with one attached hydrogen (secondary N) is 1. The smallest absolute Gasteiger partial charge is 0.0110 e. The molecule has 0 saturated heterocycles. The van der Waals surface area contributed by atoms with Gasteiger partial charge in [-0.3, -0.25) is 0 Å². The van der Waals surface area contributed by atoms with Crippen LogP contribution in [-0.2, 0) is 6.42 Å². The van der Waals surface area contributed by atoms with Gasteiger partial charge >= 0.3 is 0 Å². The molecule has 0 spiro atoms. The van der Waals surface area contributed by atoms with Crippen molar-refractivity contribution in [3.05, 3.63) is 22.4 Å². The summed E-state index contributed by atoms with van der Waals surface area (Å²) in [6.45, 7) is 3.13. The van der Waals surface area contributed by atoms with Crippen LogP contribution in [0.25, 0.3) is 0 Å². The third-order valence-electron chi connectivity index (χ3n) is 3.80. The van der Waals surface area contributed by atoms with Crippen LogP contribution in [0.5, 0.6) is 0 Å². The zero-order valence-corrected chi connectivity index (χ0v) is 11.5. The molecule has 1 saturated carbocycles. The van der Waals surface area contributed by atoms with Gasteiger partial charge in [0, 0.05) is 17.0 Å². The van der Waals surface area contributed by atoms with Gasteiger partial charge in [0.25, 0.3) is 0 Å². The zero-order chi connectivity index (χ0) is 12.1. The minimum Gasteiger partial charge on any atom is -0.330 e. The number of hydrogen-bond acceptors (Lipinski definition) is 3. The van der Waals surface area contributed by atoms with Crippen molar-refractivity contribution in [1.82, 2.24) is 5.32 Å². The van der Waals surface area contributed by atoms with Crippen molar-refractivity contribution >= 4 is 11.3 Å². The predicted molar refractivity (Wildman–Crippen MR) is 75.4 cm³/mol. The Labute approximate surface area is 109 Å². The van der Waals surface area contributed by atoms with E-state index < -0.39 is 0 Å². The molecule has 1 aliphatic carbocycles. The number of hydrogen-bond donors (Lipinski definition) is 2. The van der Waals surface area contributed by atoms with Crippen molar-refractivity contribution < 1.29 is 0 Å². The van der Waals surface area contributed by atoms with E-state index in [0.29, 0.717) is 18.0 Å². The Morgan fingerprint density at radius 1 is 1.47 bits per heavy atom. The topological polar surface area (TPSA) is 38.0 Å². The van der Waals surface area contributed by atoms with E-state index in [4.69, 9.17) is 5.73 Å². The van der Waals surface area contributed by atoms with E-state index in [9.17, 15) is 0 Å². The number of thiophene rings is 1. The van der Waals surface area contributed by atoms with E-state index in [1.54, 1.807) is 0 Å². The highest BCUT2D eigenvalue weighted by Crippen LogP contribution is 2.24. The average Bonchev–Trinajstić information content (AvgIpc) is 2.82. The molecule has 0 amide bonds. The van der Waals surface area contributed by atoms with Gasteiger partial charge in [0.1, 0.15) is 0 Å². The first-order chi connectivity index (χ1) is 8.29. The van der Waals surface area contributed by atoms with Gasteiger partial charge in [-0.05, 0) is 50.1 Å². The first-order valence-corrected chi connectivity index (χ1v) is 7.66. The largest absolute Gasteiger partial charge is 0.330 e. The maximum atomic E-state index is 5.87. The van der Waals surface area contributed by atoms with E-state index >= 15 is 0 Å². The molecule has 17 heavy (non-hydrogen) atoms. The second-order valence-electron chi connectivity index (χ2n) is 5.24. The van der Waals surface area contributed by atoms with Gasteiger partial charge in [0.2, 0.25) is 0 Å². The Bertz CT molecular complexity index is 310. The summed E-state index contributed by atoms with van der Waals surface area (Å²) >= 11 is 1.86. The minimum atomic E-state index is 0.561. The highest BCUT2D eigenvalue weighted by molar-refractivity contribution is 7.09. The number of nitrogens with two attached hydrogens (primary N) is 1. The molecule has 0 aliphatic heterocycles. The molecule has 96 valence electrons. The van der Waals surface area contributed by atoms with Gasteiger partial charge in [-0.25, -0.2) is 0 Å². The molecule has 0 radical (unpaired) electrons. The fourth-order valence-corrected chi connectivity index (χ4v) is 3.70. The first kappa shape index (κ1) is 13.1. The fourth-order valence-electron chi connectivity index (χ4n) is 2.86. The van der Waals surface area contributed by atoms with Crippen LogP contribution in [0.1, 0.15) is 37.5 Å². The zero-order valence-electron chi connectivity index (χ0n) is 10.7. The normalized spacial score (nSPS) is 26.9. The summed E-state index contributed by atoms with van der Waals surface area (Å²) in [6, 6.07) is 5.56. The fraction of sp³-hybridized carbons (Fsp3) is 0.714. The molecule has 0 bridgehead atoms. The van der Waals surface area contributed by atoms with Crippen LogP contribution in [0.4, 0.5) is 0 Å². The summed E-state index contributed by atoms with van der Waals surface area (Å²) in [7, 11) is 0. The van der Waals surface area contributed by atoms with E-state index in [0.717, 1.165) is 13.0 Å². The van der Waals surface area contributed by atoms with Crippen LogP contribution in [-0.4, -0.2) is 18.6 Å². The first-order valence-electron chi connectivity index (χ1n) is 6.78. The SMILES string of the molecule is CC(Cc1cccs1)NC1CCCCC1CN. The van der Waals surface area contributed by atoms with Crippen LogP contribution in [0.2, 0.25) is 0 Å². The summed E-state index contributed by atoms with van der Waals surface area (Å²) in [6.07, 6.45) is 6.47. The summed E-state index contributed by atoms with van der Waals surface area (Å²) in [5.74, 6) is 0.689. The summed E-state index contributed by atoms with van der Waals surface area (Å²) < 4.78 is 0. The Morgan fingerprint density at radius 2 is 2.29 bits per heavy atom. The van der Waals surface area contributed by atoms with Crippen molar-refractivity contribution in [3.63, 3.8) is 0 Å². The third kappa shape index (κ3) is 3.80. The van der Waals surface area contributed by atoms with Crippen molar-refractivity contribution in [1.29, 1.82) is 0 Å². The summed E-state index contributed by atoms with van der Waals surface area (Å²) in [5.41, 5.74) is 5.87. The molecular formula is C14H24N2S. The molecular weight excluding hydrogens is 228 g/mol. The Balaban J connectivity index is 1.82. The lowest BCUT2D eigenvalue weighted by Gasteiger charge is -2.33. The Morgan fingerprint density at radius 3 is 3.00 bits per heavy atom. The molecule has 0 aromatic carbocycles. The maximum Gasteiger partial charge on any atom is 0.0110 e. The van der Waals surface area contributed by atoms with Gasteiger partial charge in [-0.1, -0.05) is 18.9 Å². The molecule has 1 aliphatic rings. The number of rotatable bonds is 5. The Hall–Kier alpha value is -0.380. The molecule has 3 atom stereocenters. The quantitative estimate of drug-likeness (QED) is 0.845. The second-order valence-corrected chi connectivity index (χ2v) is 6.27. The van der Waals surface area contributed by atoms with E-state index in [-0.39, 0.29) is 0 Å². The van der Waals surface area contributed by atoms with Crippen molar-refractivity contribution in [2.75, 3.05) is 6.54 Å². The van der Waals surface area contributed by atoms with Crippen LogP contribution in [0.3, 0.4) is 0 Å². The van der Waals surface area contributed by atoms with Crippen LogP contribution < -0.4 is 11.1 Å². The molecule has 1 aromatic rings. The van der Waals surface area contributed by atoms with Crippen molar-refractivity contribution in [3.8, 4) is 0 Å². The molecule has 3 heteroatoms. The highest BCUT2D eigenvalue weighted by Gasteiger charge is 2.24. The van der Waals surface area contributed by atoms with E-state index in [1.807, 2.05) is 11.3 Å². The highest BCUT2D eigenvalue weighted by atomic mass is 32.1. The van der Waals surface area contributed by atoms with Crippen LogP contribution in [0.15, 0.2) is 17.5 Å². The van der Waals surface area contributed by atoms with Gasteiger partial charge < -0.3 is 11.1 Å². The summed E-state index contributed by atoms with van der Waals surface area (Å²) in [5, 5.41) is 5.94. The molecule has 2 nitrogen and oxygen atoms in total. The Kier molecular flexibility index (Phi) is 5.01. The van der Waals surface area contributed by atoms with Gasteiger partial charge in [0.15, 0.2) is 0 Å². The van der Waals surface area contributed by atoms with Gasteiger partial charge in [0.05, 0.1) is 0 Å². The molecule has 3 N–H and O–H groups in total. The minimum absolute atomic E-state index is 0.561. The van der Waals surface area contributed by atoms with E-state index in [2.05, 4.69) is 29.8 Å². The van der Waals surface area contributed by atoms with Crippen molar-refractivity contribution in [2.24, 2.45) is 11.7 Å². The molecule has 1 fully saturated rings. The lowest BCUT2D eigenvalue weighted by molar-refractivity contribution is 0.251. The summed E-state index contributed by atoms with van der Waals surface area (Å²) in [4.78, 5) is 1.48. The lowest BCUT2D eigenvalue weighted by Crippen LogP contribution is -2.46. The second kappa shape index (κ2) is 6.53. The molecule has 1 aromatic heterocycles. The molecule has 1 heterocycles. The van der Waals surface area contributed by atoms with Crippen LogP contribution in [0, 0.1) is 5.92 Å². The lowest BCUT2D eigenvalue weighted by atomic mass is 9.84. The van der Waals surface area contributed by atoms with Crippen molar-refractivity contribution in [2.45, 2.75) is 51.1 Å². The molecule has 2 rings (SSSR count). The van der Waals surface area contributed by atoms with Gasteiger partial charge in [-0.2, -0.15) is 0 Å². The predicted octanol–water partition coefficient (Wildman–Crippen LogP) is 2.79. The standard InChI is InChI=1S/C14H24N2S/c1-11(9-13-6-4-8-17-13)16-14-7-3-2-5-12(14)10-15/h4,6,8,11-12,14,16H,2-3,5,7,9-10,15H2,1H3. The third-order valence-corrected chi connectivity index (χ3v) is 4.70. The van der Waals surface area contributed by atoms with E-state index in [1.165, 1.54) is 30.6 Å². The van der Waals surface area contributed by atoms with Crippen LogP contribution >= 0.6 is 11.3 Å². The van der Waals surface area contributed by atoms with Gasteiger partial charge in [-0.15, -0.1) is 11.3 Å². The monoisotopic (exact) mass is 252 g/mol. The molecule has 3 unspecified atom stereocenters.